The lowest BCUT2D eigenvalue weighted by atomic mass is 9.82. The molecule has 2 aliphatic rings. The normalized spacial score (nSPS) is 20.4. The minimum Gasteiger partial charge on any atom is -0.445 e. The highest BCUT2D eigenvalue weighted by Gasteiger charge is 2.67. The molecule has 1 saturated carbocycles. The van der Waals surface area contributed by atoms with E-state index in [1.54, 1.807) is 0 Å². The molecule has 2 unspecified atom stereocenters. The Kier molecular flexibility index (Phi) is 14.1. The smallest absolute Gasteiger partial charge is 0.417 e. The summed E-state index contributed by atoms with van der Waals surface area (Å²) in [5, 5.41) is 16.2. The fourth-order valence-electron chi connectivity index (χ4n) is 6.71. The number of Topliss-reactive ketones (excluding diaryl/α,β-unsaturated/α-hetero) is 3. The summed E-state index contributed by atoms with van der Waals surface area (Å²) in [6.45, 7) is 4.67. The number of benzene rings is 2. The van der Waals surface area contributed by atoms with Crippen molar-refractivity contribution in [1.29, 1.82) is 0 Å². The molecule has 296 valence electrons. The number of hydrogen-bond acceptors (Lipinski definition) is 13. The number of nitro benzene ring substituents is 1. The van der Waals surface area contributed by atoms with Crippen molar-refractivity contribution in [2.24, 2.45) is 5.73 Å². The number of non-ortho nitro benzene ring substituents is 1. The van der Waals surface area contributed by atoms with Gasteiger partial charge in [0.2, 0.25) is 23.1 Å². The zero-order valence-electron chi connectivity index (χ0n) is 31.1. The fraction of sp³-hybridized carbons (Fsp3) is 0.486. The number of ether oxygens (including phenoxy) is 3. The lowest BCUT2D eigenvalue weighted by molar-refractivity contribution is -0.384. The first kappa shape index (κ1) is 42.0. The topological polar surface area (TPSA) is 247 Å². The molecule has 55 heavy (non-hydrogen) atoms. The molecule has 1 aliphatic carbocycles. The Bertz CT molecular complexity index is 1770. The van der Waals surface area contributed by atoms with Gasteiger partial charge < -0.3 is 35.5 Å². The van der Waals surface area contributed by atoms with Crippen molar-refractivity contribution in [1.82, 2.24) is 20.4 Å². The van der Waals surface area contributed by atoms with Gasteiger partial charge in [-0.05, 0) is 64.2 Å². The number of ketones is 3. The number of carbonyl (C=O) groups is 7. The van der Waals surface area contributed by atoms with Gasteiger partial charge in [0.25, 0.3) is 5.69 Å². The molecule has 18 nitrogen and oxygen atoms in total. The third-order valence-electron chi connectivity index (χ3n) is 9.47. The molecule has 2 fully saturated rings. The molecule has 4 N–H and O–H groups in total. The van der Waals surface area contributed by atoms with Crippen LogP contribution >= 0.6 is 0 Å². The number of methoxy groups -OCH3 is 1. The Labute approximate surface area is 317 Å². The second-order valence-corrected chi connectivity index (χ2v) is 13.5. The lowest BCUT2D eigenvalue weighted by Gasteiger charge is -2.41. The highest BCUT2D eigenvalue weighted by Crippen LogP contribution is 2.38. The molecular weight excluding hydrogens is 720 g/mol. The third-order valence-corrected chi connectivity index (χ3v) is 9.47. The molecular formula is C37H46N6O12. The van der Waals surface area contributed by atoms with Gasteiger partial charge >= 0.3 is 12.2 Å². The molecule has 2 aromatic carbocycles. The SMILES string of the molecule is COC1CC(=O)C(C(=O)[C@@H]2CCCN2C(=O)[C@H](C)NC(=O)[C@@H](N)CCCNC(=O)OCc2ccccc2)(N(C(=O)Oc2ccc([N+](=O)[O-])cc2)C(C)C)C1=O. The predicted molar refractivity (Wildman–Crippen MR) is 193 cm³/mol. The summed E-state index contributed by atoms with van der Waals surface area (Å²) in [5.41, 5.74) is 3.89. The van der Waals surface area contributed by atoms with Crippen LogP contribution in [0.3, 0.4) is 0 Å². The number of nitrogens with two attached hydrogens (primary N) is 1. The van der Waals surface area contributed by atoms with Crippen LogP contribution in [0.15, 0.2) is 54.6 Å². The summed E-state index contributed by atoms with van der Waals surface area (Å²) in [4.78, 5) is 108. The quantitative estimate of drug-likeness (QED) is 0.0961. The van der Waals surface area contributed by atoms with Crippen LogP contribution in [0.25, 0.3) is 0 Å². The molecule has 18 heteroatoms. The number of nitrogens with one attached hydrogen (secondary N) is 2. The Morgan fingerprint density at radius 3 is 2.33 bits per heavy atom. The second kappa shape index (κ2) is 18.5. The van der Waals surface area contributed by atoms with Crippen LogP contribution in [0.1, 0.15) is 58.4 Å². The molecule has 0 bridgehead atoms. The number of likely N-dealkylation sites (tertiary alicyclic amines) is 1. The molecule has 0 radical (unpaired) electrons. The highest BCUT2D eigenvalue weighted by atomic mass is 16.6. The lowest BCUT2D eigenvalue weighted by Crippen LogP contribution is -2.70. The third kappa shape index (κ3) is 9.50. The van der Waals surface area contributed by atoms with Crippen LogP contribution in [0.4, 0.5) is 15.3 Å². The van der Waals surface area contributed by atoms with E-state index in [-0.39, 0.29) is 44.0 Å². The average Bonchev–Trinajstić information content (AvgIpc) is 3.75. The summed E-state index contributed by atoms with van der Waals surface area (Å²) in [7, 11) is 1.18. The van der Waals surface area contributed by atoms with Crippen molar-refractivity contribution in [3.05, 3.63) is 70.3 Å². The van der Waals surface area contributed by atoms with Crippen molar-refractivity contribution < 1.29 is 52.7 Å². The Balaban J connectivity index is 1.43. The first-order valence-electron chi connectivity index (χ1n) is 17.8. The van der Waals surface area contributed by atoms with Crippen molar-refractivity contribution in [2.75, 3.05) is 20.2 Å². The van der Waals surface area contributed by atoms with E-state index in [2.05, 4.69) is 10.6 Å². The molecule has 1 aliphatic heterocycles. The van der Waals surface area contributed by atoms with Crippen LogP contribution in [0, 0.1) is 10.1 Å². The molecule has 0 spiro atoms. The van der Waals surface area contributed by atoms with E-state index in [0.29, 0.717) is 12.8 Å². The second-order valence-electron chi connectivity index (χ2n) is 13.5. The first-order chi connectivity index (χ1) is 26.1. The molecule has 4 amide bonds. The molecule has 2 aromatic rings. The fourth-order valence-corrected chi connectivity index (χ4v) is 6.71. The standard InChI is InChI=1S/C37H46N6O12/c1-22(2)42(36(50)55-26-16-14-25(15-17-26)43(51)52)37(30(44)20-29(53-4)32(37)46)31(45)28-13-9-19-41(28)34(48)23(3)40-33(47)27(38)12-8-18-39-35(49)54-21-24-10-6-5-7-11-24/h5-7,10-11,14-17,22-23,27-29H,8-9,12-13,18-21,38H2,1-4H3,(H,39,49)(H,40,47)/t23-,27-,28-,29?,37?/m0/s1. The Hall–Kier alpha value is -5.75. The van der Waals surface area contributed by atoms with Crippen LogP contribution < -0.4 is 21.1 Å². The van der Waals surface area contributed by atoms with E-state index in [9.17, 15) is 43.7 Å². The van der Waals surface area contributed by atoms with E-state index >= 15 is 0 Å². The minimum absolute atomic E-state index is 0.0502. The van der Waals surface area contributed by atoms with E-state index in [4.69, 9.17) is 19.9 Å². The van der Waals surface area contributed by atoms with Crippen LogP contribution in [-0.2, 0) is 40.1 Å². The molecule has 0 aromatic heterocycles. The predicted octanol–water partition coefficient (Wildman–Crippen LogP) is 2.20. The van der Waals surface area contributed by atoms with Gasteiger partial charge in [-0.3, -0.25) is 39.0 Å². The maximum absolute atomic E-state index is 14.7. The number of alkyl carbamates (subject to hydrolysis) is 1. The first-order valence-corrected chi connectivity index (χ1v) is 17.8. The van der Waals surface area contributed by atoms with Crippen LogP contribution in [0.2, 0.25) is 0 Å². The zero-order chi connectivity index (χ0) is 40.4. The van der Waals surface area contributed by atoms with E-state index in [0.717, 1.165) is 34.7 Å². The summed E-state index contributed by atoms with van der Waals surface area (Å²) in [6.07, 6.45) is -2.93. The van der Waals surface area contributed by atoms with Gasteiger partial charge in [-0.15, -0.1) is 0 Å². The Morgan fingerprint density at radius 1 is 1.05 bits per heavy atom. The van der Waals surface area contributed by atoms with E-state index < -0.39 is 88.5 Å². The maximum Gasteiger partial charge on any atom is 0.417 e. The van der Waals surface area contributed by atoms with Gasteiger partial charge in [0.1, 0.15) is 24.5 Å². The summed E-state index contributed by atoms with van der Waals surface area (Å²) in [6, 6.07) is 9.07. The van der Waals surface area contributed by atoms with Crippen molar-refractivity contribution >= 4 is 47.0 Å². The van der Waals surface area contributed by atoms with Gasteiger partial charge in [0.05, 0.1) is 17.0 Å². The summed E-state index contributed by atoms with van der Waals surface area (Å²) in [5.74, 6) is -4.43. The van der Waals surface area contributed by atoms with Gasteiger partial charge in [-0.2, -0.15) is 0 Å². The van der Waals surface area contributed by atoms with Crippen LogP contribution in [-0.4, -0.2) is 112 Å². The number of carbonyl (C=O) groups excluding carboxylic acids is 7. The van der Waals surface area contributed by atoms with Crippen LogP contribution in [0.5, 0.6) is 5.75 Å². The van der Waals surface area contributed by atoms with Crippen molar-refractivity contribution in [2.45, 2.75) is 95.3 Å². The van der Waals surface area contributed by atoms with Crippen molar-refractivity contribution in [3.63, 3.8) is 0 Å². The summed E-state index contributed by atoms with van der Waals surface area (Å²) >= 11 is 0. The molecule has 1 heterocycles. The molecule has 1 saturated heterocycles. The van der Waals surface area contributed by atoms with E-state index in [1.165, 1.54) is 32.8 Å². The van der Waals surface area contributed by atoms with Gasteiger partial charge in [0.15, 0.2) is 11.6 Å². The number of amides is 4. The van der Waals surface area contributed by atoms with E-state index in [1.807, 2.05) is 30.3 Å². The molecule has 5 atom stereocenters. The number of nitrogens with zero attached hydrogens (tertiary/aromatic N) is 3. The maximum atomic E-state index is 14.7. The average molecular weight is 767 g/mol. The van der Waals surface area contributed by atoms with Gasteiger partial charge in [-0.25, -0.2) is 9.59 Å². The number of nitro groups is 1. The Morgan fingerprint density at radius 2 is 1.73 bits per heavy atom. The summed E-state index contributed by atoms with van der Waals surface area (Å²) < 4.78 is 15.8. The largest absolute Gasteiger partial charge is 0.445 e. The van der Waals surface area contributed by atoms with Gasteiger partial charge in [-0.1, -0.05) is 30.3 Å². The minimum atomic E-state index is -2.73. The molecule has 4 rings (SSSR count). The van der Waals surface area contributed by atoms with Gasteiger partial charge in [0, 0.05) is 44.8 Å². The number of hydrogen-bond donors (Lipinski definition) is 3. The highest BCUT2D eigenvalue weighted by molar-refractivity contribution is 6.36. The van der Waals surface area contributed by atoms with Crippen molar-refractivity contribution in [3.8, 4) is 5.75 Å². The monoisotopic (exact) mass is 766 g/mol. The number of rotatable bonds is 16. The zero-order valence-corrected chi connectivity index (χ0v) is 31.1.